The van der Waals surface area contributed by atoms with Crippen LogP contribution in [-0.2, 0) is 4.74 Å². The summed E-state index contributed by atoms with van der Waals surface area (Å²) in [7, 11) is 0. The lowest BCUT2D eigenvalue weighted by molar-refractivity contribution is -0.184. The van der Waals surface area contributed by atoms with Gasteiger partial charge in [0.1, 0.15) is 0 Å². The molecule has 4 unspecified atom stereocenters. The first-order chi connectivity index (χ1) is 9.88. The average Bonchev–Trinajstić information content (AvgIpc) is 2.47. The highest BCUT2D eigenvalue weighted by Crippen LogP contribution is 2.37. The zero-order chi connectivity index (χ0) is 15.5. The molecular weight excluding hydrogens is 281 g/mol. The summed E-state index contributed by atoms with van der Waals surface area (Å²) in [6, 6.07) is 0.504. The van der Waals surface area contributed by atoms with E-state index < -0.39 is 12.1 Å². The molecule has 124 valence electrons. The van der Waals surface area contributed by atoms with Gasteiger partial charge in [0.25, 0.3) is 0 Å². The molecule has 0 spiro atoms. The van der Waals surface area contributed by atoms with Crippen molar-refractivity contribution in [2.24, 2.45) is 5.92 Å². The number of alkyl halides is 3. The van der Waals surface area contributed by atoms with Gasteiger partial charge in [0, 0.05) is 31.2 Å². The van der Waals surface area contributed by atoms with Crippen LogP contribution in [0, 0.1) is 5.92 Å². The molecule has 3 nitrogen and oxygen atoms in total. The van der Waals surface area contributed by atoms with Gasteiger partial charge in [-0.2, -0.15) is 13.2 Å². The summed E-state index contributed by atoms with van der Waals surface area (Å²) in [4.78, 5) is 2.35. The fraction of sp³-hybridized carbons (Fsp3) is 1.00. The Balaban J connectivity index is 1.82. The number of halogens is 3. The first kappa shape index (κ1) is 17.0. The Kier molecular flexibility index (Phi) is 5.91. The van der Waals surface area contributed by atoms with Gasteiger partial charge in [0.05, 0.1) is 19.1 Å². The zero-order valence-electron chi connectivity index (χ0n) is 13.0. The van der Waals surface area contributed by atoms with E-state index in [-0.39, 0.29) is 24.9 Å². The van der Waals surface area contributed by atoms with E-state index >= 15 is 0 Å². The molecule has 2 rings (SSSR count). The van der Waals surface area contributed by atoms with Crippen molar-refractivity contribution in [3.63, 3.8) is 0 Å². The predicted molar refractivity (Wildman–Crippen MR) is 76.3 cm³/mol. The third-order valence-corrected chi connectivity index (χ3v) is 4.98. The Bertz CT molecular complexity index is 319. The van der Waals surface area contributed by atoms with Gasteiger partial charge in [-0.1, -0.05) is 6.42 Å². The molecule has 1 N–H and O–H groups in total. The summed E-state index contributed by atoms with van der Waals surface area (Å²) in [6.45, 7) is 7.53. The van der Waals surface area contributed by atoms with Gasteiger partial charge in [-0.15, -0.1) is 0 Å². The zero-order valence-corrected chi connectivity index (χ0v) is 13.0. The molecule has 1 saturated heterocycles. The summed E-state index contributed by atoms with van der Waals surface area (Å²) >= 11 is 0. The number of rotatable bonds is 4. The Labute approximate surface area is 125 Å². The van der Waals surface area contributed by atoms with Crippen molar-refractivity contribution in [1.29, 1.82) is 0 Å². The molecule has 0 amide bonds. The average molecular weight is 308 g/mol. The maximum atomic E-state index is 12.9. The Hall–Kier alpha value is -0.330. The molecule has 0 aromatic carbocycles. The quantitative estimate of drug-likeness (QED) is 0.864. The smallest absolute Gasteiger partial charge is 0.379 e. The van der Waals surface area contributed by atoms with Gasteiger partial charge < -0.3 is 10.1 Å². The Morgan fingerprint density at radius 1 is 1.14 bits per heavy atom. The van der Waals surface area contributed by atoms with Crippen molar-refractivity contribution in [2.75, 3.05) is 26.3 Å². The van der Waals surface area contributed by atoms with Gasteiger partial charge in [0.2, 0.25) is 0 Å². The number of nitrogens with one attached hydrogen (secondary N) is 1. The lowest BCUT2D eigenvalue weighted by atomic mass is 9.84. The third kappa shape index (κ3) is 4.83. The van der Waals surface area contributed by atoms with E-state index in [1.807, 2.05) is 0 Å². The van der Waals surface area contributed by atoms with Crippen LogP contribution < -0.4 is 5.32 Å². The standard InChI is InChI=1S/C15H27F3N2O/c1-11(12(2)20-6-8-21-9-7-20)19-14-5-3-4-13(10-14)15(16,17)18/h11-14,19H,3-10H2,1-2H3. The highest BCUT2D eigenvalue weighted by atomic mass is 19.4. The Morgan fingerprint density at radius 3 is 2.43 bits per heavy atom. The molecular formula is C15H27F3N2O. The third-order valence-electron chi connectivity index (χ3n) is 4.98. The van der Waals surface area contributed by atoms with Crippen LogP contribution in [0.5, 0.6) is 0 Å². The normalized spacial score (nSPS) is 31.9. The van der Waals surface area contributed by atoms with Crippen molar-refractivity contribution in [3.8, 4) is 0 Å². The van der Waals surface area contributed by atoms with E-state index in [4.69, 9.17) is 4.74 Å². The van der Waals surface area contributed by atoms with E-state index in [0.717, 1.165) is 32.7 Å². The Morgan fingerprint density at radius 2 is 1.81 bits per heavy atom. The molecule has 0 aromatic rings. The molecule has 1 heterocycles. The first-order valence-corrected chi connectivity index (χ1v) is 8.02. The van der Waals surface area contributed by atoms with Crippen LogP contribution in [0.25, 0.3) is 0 Å². The monoisotopic (exact) mass is 308 g/mol. The molecule has 1 aliphatic carbocycles. The highest BCUT2D eigenvalue weighted by Gasteiger charge is 2.42. The van der Waals surface area contributed by atoms with E-state index in [1.165, 1.54) is 0 Å². The minimum absolute atomic E-state index is 0.0103. The second-order valence-electron chi connectivity index (χ2n) is 6.45. The second-order valence-corrected chi connectivity index (χ2v) is 6.45. The van der Waals surface area contributed by atoms with Gasteiger partial charge >= 0.3 is 6.18 Å². The number of ether oxygens (including phenoxy) is 1. The molecule has 21 heavy (non-hydrogen) atoms. The highest BCUT2D eigenvalue weighted by molar-refractivity contribution is 4.87. The van der Waals surface area contributed by atoms with Gasteiger partial charge in [0.15, 0.2) is 0 Å². The topological polar surface area (TPSA) is 24.5 Å². The van der Waals surface area contributed by atoms with Crippen LogP contribution >= 0.6 is 0 Å². The molecule has 0 radical (unpaired) electrons. The molecule has 4 atom stereocenters. The van der Waals surface area contributed by atoms with Crippen LogP contribution in [0.15, 0.2) is 0 Å². The molecule has 1 saturated carbocycles. The fourth-order valence-electron chi connectivity index (χ4n) is 3.45. The summed E-state index contributed by atoms with van der Waals surface area (Å²) in [5, 5.41) is 3.44. The van der Waals surface area contributed by atoms with Crippen LogP contribution in [0.4, 0.5) is 13.2 Å². The van der Waals surface area contributed by atoms with Gasteiger partial charge in [-0.25, -0.2) is 0 Å². The summed E-state index contributed by atoms with van der Waals surface area (Å²) in [5.74, 6) is -1.13. The van der Waals surface area contributed by atoms with Crippen LogP contribution in [0.3, 0.4) is 0 Å². The van der Waals surface area contributed by atoms with E-state index in [0.29, 0.717) is 12.5 Å². The number of hydrogen-bond donors (Lipinski definition) is 1. The lowest BCUT2D eigenvalue weighted by Gasteiger charge is -2.39. The van der Waals surface area contributed by atoms with Crippen LogP contribution in [0.2, 0.25) is 0 Å². The lowest BCUT2D eigenvalue weighted by Crippen LogP contribution is -2.54. The first-order valence-electron chi connectivity index (χ1n) is 8.02. The number of morpholine rings is 1. The SMILES string of the molecule is CC(NC1CCCC(C(F)(F)F)C1)C(C)N1CCOCC1. The van der Waals surface area contributed by atoms with Crippen molar-refractivity contribution in [2.45, 2.75) is 63.8 Å². The number of nitrogens with zero attached hydrogens (tertiary/aromatic N) is 1. The molecule has 2 aliphatic rings. The molecule has 6 heteroatoms. The van der Waals surface area contributed by atoms with Crippen molar-refractivity contribution < 1.29 is 17.9 Å². The van der Waals surface area contributed by atoms with Gasteiger partial charge in [-0.3, -0.25) is 4.90 Å². The van der Waals surface area contributed by atoms with Crippen LogP contribution in [-0.4, -0.2) is 55.5 Å². The minimum Gasteiger partial charge on any atom is -0.379 e. The summed E-state index contributed by atoms with van der Waals surface area (Å²) in [5.41, 5.74) is 0. The summed E-state index contributed by atoms with van der Waals surface area (Å²) < 4.78 is 43.9. The maximum absolute atomic E-state index is 12.9. The molecule has 2 fully saturated rings. The molecule has 0 bridgehead atoms. The van der Waals surface area contributed by atoms with Crippen molar-refractivity contribution >= 4 is 0 Å². The fourth-order valence-corrected chi connectivity index (χ4v) is 3.45. The second kappa shape index (κ2) is 7.29. The van der Waals surface area contributed by atoms with Crippen molar-refractivity contribution in [1.82, 2.24) is 10.2 Å². The maximum Gasteiger partial charge on any atom is 0.391 e. The van der Waals surface area contributed by atoms with Crippen molar-refractivity contribution in [3.05, 3.63) is 0 Å². The van der Waals surface area contributed by atoms with Gasteiger partial charge in [-0.05, 0) is 33.1 Å². The van der Waals surface area contributed by atoms with E-state index in [9.17, 15) is 13.2 Å². The molecule has 1 aliphatic heterocycles. The summed E-state index contributed by atoms with van der Waals surface area (Å²) in [6.07, 6.45) is -2.01. The van der Waals surface area contributed by atoms with E-state index in [1.54, 1.807) is 0 Å². The molecule has 0 aromatic heterocycles. The largest absolute Gasteiger partial charge is 0.391 e. The predicted octanol–water partition coefficient (Wildman–Crippen LogP) is 2.81. The number of hydrogen-bond acceptors (Lipinski definition) is 3. The minimum atomic E-state index is -4.04. The van der Waals surface area contributed by atoms with Crippen LogP contribution in [0.1, 0.15) is 39.5 Å². The van der Waals surface area contributed by atoms with E-state index in [2.05, 4.69) is 24.1 Å².